The van der Waals surface area contributed by atoms with Gasteiger partial charge in [0.05, 0.1) is 21.4 Å². The number of alkyl halides is 3. The highest BCUT2D eigenvalue weighted by molar-refractivity contribution is 7.92. The van der Waals surface area contributed by atoms with Crippen molar-refractivity contribution in [3.05, 3.63) is 94.9 Å². The number of halogens is 3. The minimum atomic E-state index is -4.51. The summed E-state index contributed by atoms with van der Waals surface area (Å²) in [6.45, 7) is 0. The summed E-state index contributed by atoms with van der Waals surface area (Å²) in [6, 6.07) is 16.7. The monoisotopic (exact) mass is 498 g/mol. The molecule has 0 saturated heterocycles. The molecule has 0 amide bonds. The fourth-order valence-corrected chi connectivity index (χ4v) is 5.00. The van der Waals surface area contributed by atoms with Crippen molar-refractivity contribution < 1.29 is 21.6 Å². The number of fused-ring (bicyclic) bond motifs is 3. The van der Waals surface area contributed by atoms with Crippen LogP contribution in [0.3, 0.4) is 0 Å². The molecule has 178 valence electrons. The van der Waals surface area contributed by atoms with E-state index in [4.69, 9.17) is 0 Å². The zero-order chi connectivity index (χ0) is 25.0. The number of aromatic nitrogens is 3. The molecule has 5 aromatic rings. The summed E-state index contributed by atoms with van der Waals surface area (Å²) < 4.78 is 69.9. The third-order valence-corrected chi connectivity index (χ3v) is 6.91. The first kappa shape index (κ1) is 22.7. The van der Waals surface area contributed by atoms with Crippen LogP contribution in [0.5, 0.6) is 0 Å². The van der Waals surface area contributed by atoms with Gasteiger partial charge in [0.25, 0.3) is 15.6 Å². The minimum absolute atomic E-state index is 0.0813. The lowest BCUT2D eigenvalue weighted by atomic mass is 10.1. The van der Waals surface area contributed by atoms with Gasteiger partial charge in [0.1, 0.15) is 5.52 Å². The zero-order valence-corrected chi connectivity index (χ0v) is 18.9. The molecule has 5 rings (SSSR count). The van der Waals surface area contributed by atoms with Gasteiger partial charge in [-0.25, -0.2) is 8.42 Å². The second-order valence-corrected chi connectivity index (χ2v) is 9.58. The molecule has 0 fully saturated rings. The standard InChI is InChI=1S/C24H17F3N4O3S/c1-30-14-20-22(28-30)19-13-16(29-35(33,34)18-5-3-2-4-6-18)9-12-21(19)31(23(20)32)17-10-7-15(8-11-17)24(25,26)27/h2-14,29H,1H3. The second kappa shape index (κ2) is 7.98. The number of anilines is 1. The van der Waals surface area contributed by atoms with E-state index in [-0.39, 0.29) is 21.7 Å². The Kier molecular flexibility index (Phi) is 5.17. The van der Waals surface area contributed by atoms with Crippen LogP contribution >= 0.6 is 0 Å². The van der Waals surface area contributed by atoms with E-state index in [9.17, 15) is 26.4 Å². The highest BCUT2D eigenvalue weighted by atomic mass is 32.2. The van der Waals surface area contributed by atoms with Gasteiger partial charge in [0.2, 0.25) is 0 Å². The molecule has 0 aliphatic rings. The van der Waals surface area contributed by atoms with Crippen LogP contribution in [-0.4, -0.2) is 22.8 Å². The first-order chi connectivity index (χ1) is 16.5. The lowest BCUT2D eigenvalue weighted by Gasteiger charge is -2.14. The highest BCUT2D eigenvalue weighted by Crippen LogP contribution is 2.31. The number of hydrogen-bond acceptors (Lipinski definition) is 4. The third kappa shape index (κ3) is 4.03. The summed E-state index contributed by atoms with van der Waals surface area (Å²) in [4.78, 5) is 13.4. The molecule has 7 nitrogen and oxygen atoms in total. The highest BCUT2D eigenvalue weighted by Gasteiger charge is 2.30. The molecule has 0 aliphatic heterocycles. The van der Waals surface area contributed by atoms with Crippen molar-refractivity contribution in [3.63, 3.8) is 0 Å². The van der Waals surface area contributed by atoms with Crippen molar-refractivity contribution in [2.75, 3.05) is 4.72 Å². The molecule has 35 heavy (non-hydrogen) atoms. The largest absolute Gasteiger partial charge is 0.416 e. The molecular weight excluding hydrogens is 481 g/mol. The predicted octanol–water partition coefficient (Wildman–Crippen LogP) is 4.70. The van der Waals surface area contributed by atoms with Crippen LogP contribution in [-0.2, 0) is 23.2 Å². The lowest BCUT2D eigenvalue weighted by molar-refractivity contribution is -0.137. The average Bonchev–Trinajstić information content (AvgIpc) is 3.22. The van der Waals surface area contributed by atoms with Crippen molar-refractivity contribution in [1.29, 1.82) is 0 Å². The normalized spacial score (nSPS) is 12.3. The second-order valence-electron chi connectivity index (χ2n) is 7.90. The number of aryl methyl sites for hydroxylation is 1. The van der Waals surface area contributed by atoms with Gasteiger partial charge in [-0.15, -0.1) is 0 Å². The predicted molar refractivity (Wildman–Crippen MR) is 126 cm³/mol. The number of benzene rings is 3. The Bertz CT molecular complexity index is 1740. The molecule has 0 unspecified atom stereocenters. The third-order valence-electron chi connectivity index (χ3n) is 5.51. The van der Waals surface area contributed by atoms with Crippen LogP contribution in [0.4, 0.5) is 18.9 Å². The Labute approximate surface area is 197 Å². The summed E-state index contributed by atoms with van der Waals surface area (Å²) in [5.41, 5.74) is -0.112. The summed E-state index contributed by atoms with van der Waals surface area (Å²) >= 11 is 0. The maximum Gasteiger partial charge on any atom is 0.416 e. The van der Waals surface area contributed by atoms with E-state index < -0.39 is 27.3 Å². The van der Waals surface area contributed by atoms with Crippen molar-refractivity contribution in [2.24, 2.45) is 7.05 Å². The van der Waals surface area contributed by atoms with Gasteiger partial charge in [0, 0.05) is 30.0 Å². The summed E-state index contributed by atoms with van der Waals surface area (Å²) in [6.07, 6.45) is -3.00. The van der Waals surface area contributed by atoms with E-state index >= 15 is 0 Å². The van der Waals surface area contributed by atoms with E-state index in [1.54, 1.807) is 31.3 Å². The van der Waals surface area contributed by atoms with Crippen LogP contribution in [0.1, 0.15) is 5.56 Å². The number of sulfonamides is 1. The summed E-state index contributed by atoms with van der Waals surface area (Å²) in [5.74, 6) is 0. The van der Waals surface area contributed by atoms with Crippen LogP contribution in [0, 0.1) is 0 Å². The topological polar surface area (TPSA) is 86.0 Å². The first-order valence-corrected chi connectivity index (χ1v) is 11.8. The van der Waals surface area contributed by atoms with Crippen LogP contribution in [0.15, 0.2) is 88.7 Å². The molecule has 2 aromatic heterocycles. The fraction of sp³-hybridized carbons (Fsp3) is 0.0833. The van der Waals surface area contributed by atoms with Crippen molar-refractivity contribution in [3.8, 4) is 5.69 Å². The first-order valence-electron chi connectivity index (χ1n) is 10.3. The van der Waals surface area contributed by atoms with Gasteiger partial charge in [0.15, 0.2) is 0 Å². The molecule has 0 radical (unpaired) electrons. The SMILES string of the molecule is Cn1cc2c(=O)n(-c3ccc(C(F)(F)F)cc3)c3ccc(NS(=O)(=O)c4ccccc4)cc3c2n1. The molecule has 0 saturated carbocycles. The van der Waals surface area contributed by atoms with Crippen molar-refractivity contribution >= 4 is 37.5 Å². The van der Waals surface area contributed by atoms with Crippen molar-refractivity contribution in [1.82, 2.24) is 14.3 Å². The molecule has 0 bridgehead atoms. The van der Waals surface area contributed by atoms with Gasteiger partial charge >= 0.3 is 6.18 Å². The average molecular weight is 498 g/mol. The number of nitrogens with zero attached hydrogens (tertiary/aromatic N) is 3. The molecule has 3 aromatic carbocycles. The Morgan fingerprint density at radius 2 is 1.60 bits per heavy atom. The molecular formula is C24H17F3N4O3S. The zero-order valence-electron chi connectivity index (χ0n) is 18.1. The molecule has 0 aliphatic carbocycles. The molecule has 2 heterocycles. The number of rotatable bonds is 4. The number of hydrogen-bond donors (Lipinski definition) is 1. The molecule has 11 heteroatoms. The quantitative estimate of drug-likeness (QED) is 0.389. The van der Waals surface area contributed by atoms with E-state index in [1.807, 2.05) is 0 Å². The summed E-state index contributed by atoms with van der Waals surface area (Å²) in [5, 5.41) is 5.05. The van der Waals surface area contributed by atoms with Gasteiger partial charge in [-0.2, -0.15) is 18.3 Å². The van der Waals surface area contributed by atoms with Crippen LogP contribution < -0.4 is 10.3 Å². The van der Waals surface area contributed by atoms with E-state index in [2.05, 4.69) is 9.82 Å². The molecule has 0 atom stereocenters. The number of nitrogens with one attached hydrogen (secondary N) is 1. The van der Waals surface area contributed by atoms with Gasteiger partial charge in [-0.05, 0) is 54.6 Å². The van der Waals surface area contributed by atoms with Crippen molar-refractivity contribution in [2.45, 2.75) is 11.1 Å². The van der Waals surface area contributed by atoms with Crippen LogP contribution in [0.2, 0.25) is 0 Å². The number of pyridine rings is 1. The Balaban J connectivity index is 1.70. The minimum Gasteiger partial charge on any atom is -0.280 e. The Hall–Kier alpha value is -4.12. The Morgan fingerprint density at radius 3 is 2.26 bits per heavy atom. The maximum absolute atomic E-state index is 13.3. The smallest absolute Gasteiger partial charge is 0.280 e. The van der Waals surface area contributed by atoms with Gasteiger partial charge in [-0.3, -0.25) is 18.8 Å². The van der Waals surface area contributed by atoms with Gasteiger partial charge in [-0.1, -0.05) is 18.2 Å². The maximum atomic E-state index is 13.3. The lowest BCUT2D eigenvalue weighted by Crippen LogP contribution is -2.19. The van der Waals surface area contributed by atoms with E-state index in [0.29, 0.717) is 16.4 Å². The summed E-state index contributed by atoms with van der Waals surface area (Å²) in [7, 11) is -2.24. The van der Waals surface area contributed by atoms with Gasteiger partial charge < -0.3 is 0 Å². The fourth-order valence-electron chi connectivity index (χ4n) is 3.93. The molecule has 1 N–H and O–H groups in total. The van der Waals surface area contributed by atoms with E-state index in [0.717, 1.165) is 12.1 Å². The van der Waals surface area contributed by atoms with Crippen LogP contribution in [0.25, 0.3) is 27.5 Å². The Morgan fingerprint density at radius 1 is 0.914 bits per heavy atom. The molecule has 0 spiro atoms. The van der Waals surface area contributed by atoms with E-state index in [1.165, 1.54) is 51.8 Å².